The number of carbonyl (C=O) groups excluding carboxylic acids is 3. The van der Waals surface area contributed by atoms with Gasteiger partial charge in [-0.05, 0) is 35.7 Å². The summed E-state index contributed by atoms with van der Waals surface area (Å²) in [4.78, 5) is 38.7. The number of benzene rings is 2. The van der Waals surface area contributed by atoms with E-state index in [4.69, 9.17) is 9.47 Å². The van der Waals surface area contributed by atoms with Gasteiger partial charge in [0.15, 0.2) is 0 Å². The highest BCUT2D eigenvalue weighted by Crippen LogP contribution is 2.18. The average Bonchev–Trinajstić information content (AvgIpc) is 2.82. The SMILES string of the molecule is CC(C)COC(=O)CC1C(=O)NCCN1C(=O)CNc1ccc(OCc2ccccc2)cc1. The highest BCUT2D eigenvalue weighted by molar-refractivity contribution is 5.93. The van der Waals surface area contributed by atoms with Crippen LogP contribution in [0.1, 0.15) is 25.8 Å². The first-order chi connectivity index (χ1) is 15.9. The number of nitrogens with zero attached hydrogens (tertiary/aromatic N) is 1. The molecule has 0 radical (unpaired) electrons. The lowest BCUT2D eigenvalue weighted by atomic mass is 10.1. The molecule has 2 aromatic carbocycles. The monoisotopic (exact) mass is 453 g/mol. The molecule has 3 rings (SSSR count). The van der Waals surface area contributed by atoms with Gasteiger partial charge in [0.1, 0.15) is 18.4 Å². The van der Waals surface area contributed by atoms with E-state index in [2.05, 4.69) is 10.6 Å². The number of ether oxygens (including phenoxy) is 2. The highest BCUT2D eigenvalue weighted by atomic mass is 16.5. The zero-order valence-corrected chi connectivity index (χ0v) is 19.1. The molecule has 0 saturated carbocycles. The lowest BCUT2D eigenvalue weighted by Gasteiger charge is -2.34. The molecule has 1 heterocycles. The minimum absolute atomic E-state index is 0.00897. The van der Waals surface area contributed by atoms with Crippen molar-refractivity contribution in [2.45, 2.75) is 32.9 Å². The number of esters is 1. The molecule has 1 aliphatic heterocycles. The average molecular weight is 454 g/mol. The van der Waals surface area contributed by atoms with Crippen LogP contribution in [0.25, 0.3) is 0 Å². The molecule has 8 nitrogen and oxygen atoms in total. The number of carbonyl (C=O) groups is 3. The van der Waals surface area contributed by atoms with Crippen LogP contribution in [-0.2, 0) is 25.7 Å². The van der Waals surface area contributed by atoms with E-state index >= 15 is 0 Å². The minimum atomic E-state index is -0.860. The van der Waals surface area contributed by atoms with E-state index in [0.717, 1.165) is 17.0 Å². The highest BCUT2D eigenvalue weighted by Gasteiger charge is 2.35. The number of nitrogens with one attached hydrogen (secondary N) is 2. The van der Waals surface area contributed by atoms with Crippen LogP contribution in [0.3, 0.4) is 0 Å². The summed E-state index contributed by atoms with van der Waals surface area (Å²) in [5, 5.41) is 5.79. The summed E-state index contributed by atoms with van der Waals surface area (Å²) in [6.45, 7) is 5.34. The Kier molecular flexibility index (Phi) is 8.69. The van der Waals surface area contributed by atoms with Gasteiger partial charge in [-0.15, -0.1) is 0 Å². The van der Waals surface area contributed by atoms with Crippen molar-refractivity contribution in [2.24, 2.45) is 5.92 Å². The number of rotatable bonds is 10. The first-order valence-corrected chi connectivity index (χ1v) is 11.2. The predicted octanol–water partition coefficient (Wildman–Crippen LogP) is 2.59. The summed E-state index contributed by atoms with van der Waals surface area (Å²) in [5.41, 5.74) is 1.84. The minimum Gasteiger partial charge on any atom is -0.489 e. The summed E-state index contributed by atoms with van der Waals surface area (Å²) in [6.07, 6.45) is -0.155. The molecule has 0 aromatic heterocycles. The van der Waals surface area contributed by atoms with Gasteiger partial charge in [-0.25, -0.2) is 0 Å². The summed E-state index contributed by atoms with van der Waals surface area (Å²) in [5.74, 6) is -0.149. The third-order valence-electron chi connectivity index (χ3n) is 5.14. The van der Waals surface area contributed by atoms with Crippen molar-refractivity contribution >= 4 is 23.5 Å². The number of anilines is 1. The van der Waals surface area contributed by atoms with Gasteiger partial charge >= 0.3 is 5.97 Å². The maximum atomic E-state index is 12.8. The van der Waals surface area contributed by atoms with Crippen LogP contribution in [0.2, 0.25) is 0 Å². The zero-order valence-electron chi connectivity index (χ0n) is 19.1. The Balaban J connectivity index is 1.50. The third-order valence-corrected chi connectivity index (χ3v) is 5.14. The summed E-state index contributed by atoms with van der Waals surface area (Å²) < 4.78 is 11.0. The summed E-state index contributed by atoms with van der Waals surface area (Å²) in [6, 6.07) is 16.4. The number of piperazine rings is 1. The molecular weight excluding hydrogens is 422 g/mol. The van der Waals surface area contributed by atoms with Crippen LogP contribution >= 0.6 is 0 Å². The number of amides is 2. The van der Waals surface area contributed by atoms with Crippen LogP contribution < -0.4 is 15.4 Å². The lowest BCUT2D eigenvalue weighted by molar-refractivity contribution is -0.152. The van der Waals surface area contributed by atoms with Gasteiger partial charge in [-0.2, -0.15) is 0 Å². The van der Waals surface area contributed by atoms with Crippen LogP contribution in [0.15, 0.2) is 54.6 Å². The molecule has 1 atom stereocenters. The lowest BCUT2D eigenvalue weighted by Crippen LogP contribution is -2.58. The van der Waals surface area contributed by atoms with E-state index in [9.17, 15) is 14.4 Å². The molecule has 1 aliphatic rings. The normalized spacial score (nSPS) is 15.7. The van der Waals surface area contributed by atoms with Gasteiger partial charge in [0, 0.05) is 18.8 Å². The van der Waals surface area contributed by atoms with Crippen LogP contribution in [0.5, 0.6) is 5.75 Å². The van der Waals surface area contributed by atoms with E-state index < -0.39 is 12.0 Å². The number of hydrogen-bond donors (Lipinski definition) is 2. The Morgan fingerprint density at radius 2 is 1.85 bits per heavy atom. The second-order valence-corrected chi connectivity index (χ2v) is 8.33. The molecule has 8 heteroatoms. The third kappa shape index (κ3) is 7.52. The van der Waals surface area contributed by atoms with Crippen molar-refractivity contribution in [3.05, 3.63) is 60.2 Å². The molecule has 176 valence electrons. The van der Waals surface area contributed by atoms with Crippen LogP contribution in [-0.4, -0.2) is 55.0 Å². The molecule has 2 amide bonds. The Morgan fingerprint density at radius 3 is 2.55 bits per heavy atom. The van der Waals surface area contributed by atoms with Crippen LogP contribution in [0, 0.1) is 5.92 Å². The molecule has 2 N–H and O–H groups in total. The van der Waals surface area contributed by atoms with Gasteiger partial charge in [0.05, 0.1) is 19.6 Å². The molecule has 0 aliphatic carbocycles. The zero-order chi connectivity index (χ0) is 23.6. The van der Waals surface area contributed by atoms with Crippen molar-refractivity contribution in [2.75, 3.05) is 31.6 Å². The quantitative estimate of drug-likeness (QED) is 0.537. The van der Waals surface area contributed by atoms with Crippen molar-refractivity contribution < 1.29 is 23.9 Å². The smallest absolute Gasteiger partial charge is 0.308 e. The van der Waals surface area contributed by atoms with Crippen LogP contribution in [0.4, 0.5) is 5.69 Å². The Labute approximate surface area is 194 Å². The Hall–Kier alpha value is -3.55. The second kappa shape index (κ2) is 11.9. The van der Waals surface area contributed by atoms with Gasteiger partial charge in [0.2, 0.25) is 11.8 Å². The van der Waals surface area contributed by atoms with Gasteiger partial charge in [-0.1, -0.05) is 44.2 Å². The largest absolute Gasteiger partial charge is 0.489 e. The summed E-state index contributed by atoms with van der Waals surface area (Å²) in [7, 11) is 0. The second-order valence-electron chi connectivity index (χ2n) is 8.33. The fraction of sp³-hybridized carbons (Fsp3) is 0.400. The van der Waals surface area contributed by atoms with E-state index in [1.807, 2.05) is 68.4 Å². The van der Waals surface area contributed by atoms with E-state index in [1.165, 1.54) is 4.90 Å². The maximum Gasteiger partial charge on any atom is 0.308 e. The fourth-order valence-corrected chi connectivity index (χ4v) is 3.38. The summed E-state index contributed by atoms with van der Waals surface area (Å²) >= 11 is 0. The van der Waals surface area contributed by atoms with Crippen molar-refractivity contribution in [1.82, 2.24) is 10.2 Å². The van der Waals surface area contributed by atoms with E-state index in [0.29, 0.717) is 19.7 Å². The maximum absolute atomic E-state index is 12.8. The molecule has 1 fully saturated rings. The van der Waals surface area contributed by atoms with Crippen molar-refractivity contribution in [3.8, 4) is 5.75 Å². The first kappa shape index (κ1) is 24.1. The Bertz CT molecular complexity index is 931. The van der Waals surface area contributed by atoms with E-state index in [-0.39, 0.29) is 37.3 Å². The number of hydrogen-bond acceptors (Lipinski definition) is 6. The molecular formula is C25H31N3O5. The van der Waals surface area contributed by atoms with Gasteiger partial charge < -0.3 is 25.0 Å². The Morgan fingerprint density at radius 1 is 1.12 bits per heavy atom. The van der Waals surface area contributed by atoms with Crippen molar-refractivity contribution in [1.29, 1.82) is 0 Å². The molecule has 1 saturated heterocycles. The first-order valence-electron chi connectivity index (χ1n) is 11.2. The molecule has 0 spiro atoms. The molecule has 2 aromatic rings. The predicted molar refractivity (Wildman–Crippen MR) is 125 cm³/mol. The van der Waals surface area contributed by atoms with E-state index in [1.54, 1.807) is 0 Å². The van der Waals surface area contributed by atoms with Crippen molar-refractivity contribution in [3.63, 3.8) is 0 Å². The topological polar surface area (TPSA) is 97.0 Å². The van der Waals surface area contributed by atoms with Gasteiger partial charge in [-0.3, -0.25) is 14.4 Å². The van der Waals surface area contributed by atoms with Gasteiger partial charge in [0.25, 0.3) is 0 Å². The molecule has 33 heavy (non-hydrogen) atoms. The fourth-order valence-electron chi connectivity index (χ4n) is 3.38. The molecule has 0 bridgehead atoms. The molecule has 1 unspecified atom stereocenters. The standard InChI is InChI=1S/C25H31N3O5/c1-18(2)16-33-24(30)14-22-25(31)26-12-13-28(22)23(29)15-27-20-8-10-21(11-9-20)32-17-19-6-4-3-5-7-19/h3-11,18,22,27H,12-17H2,1-2H3,(H,26,31).